The van der Waals surface area contributed by atoms with Gasteiger partial charge in [0.2, 0.25) is 5.91 Å². The fourth-order valence-corrected chi connectivity index (χ4v) is 5.29. The molecule has 5 nitrogen and oxygen atoms in total. The van der Waals surface area contributed by atoms with E-state index in [1.54, 1.807) is 0 Å². The molecule has 2 aliphatic rings. The smallest absolute Gasteiger partial charge is 0.234 e. The lowest BCUT2D eigenvalue weighted by molar-refractivity contribution is -0.122. The zero-order chi connectivity index (χ0) is 20.6. The summed E-state index contributed by atoms with van der Waals surface area (Å²) in [5.41, 5.74) is 2.81. The zero-order valence-corrected chi connectivity index (χ0v) is 18.7. The second-order valence-electron chi connectivity index (χ2n) is 8.49. The number of fused-ring (bicyclic) bond motifs is 1. The van der Waals surface area contributed by atoms with Gasteiger partial charge in [0.15, 0.2) is 0 Å². The molecule has 0 aliphatic carbocycles. The first-order valence-corrected chi connectivity index (χ1v) is 12.2. The number of carbonyl (C=O) groups is 1. The van der Waals surface area contributed by atoms with Crippen molar-refractivity contribution in [3.8, 4) is 0 Å². The molecule has 1 amide bonds. The summed E-state index contributed by atoms with van der Waals surface area (Å²) in [5.74, 6) is 0.170. The van der Waals surface area contributed by atoms with E-state index in [4.69, 9.17) is 0 Å². The largest absolute Gasteiger partial charge is 0.355 e. The molecule has 1 aromatic heterocycles. The topological polar surface area (TPSA) is 38.8 Å². The molecule has 30 heavy (non-hydrogen) atoms. The monoisotopic (exact) mass is 426 g/mol. The van der Waals surface area contributed by atoms with Crippen LogP contribution in [0.15, 0.2) is 41.8 Å². The van der Waals surface area contributed by atoms with E-state index >= 15 is 0 Å². The van der Waals surface area contributed by atoms with Crippen molar-refractivity contribution in [1.29, 1.82) is 0 Å². The highest BCUT2D eigenvalue weighted by molar-refractivity contribution is 7.10. The highest BCUT2D eigenvalue weighted by atomic mass is 32.1. The zero-order valence-electron chi connectivity index (χ0n) is 17.9. The summed E-state index contributed by atoms with van der Waals surface area (Å²) in [6.45, 7) is 10.0. The van der Waals surface area contributed by atoms with Crippen molar-refractivity contribution in [3.05, 3.63) is 57.8 Å². The molecule has 3 heterocycles. The Morgan fingerprint density at radius 2 is 1.73 bits per heavy atom. The third kappa shape index (κ3) is 6.38. The van der Waals surface area contributed by atoms with E-state index in [-0.39, 0.29) is 5.91 Å². The van der Waals surface area contributed by atoms with Gasteiger partial charge < -0.3 is 10.2 Å². The number of rotatable bonds is 9. The van der Waals surface area contributed by atoms with Crippen LogP contribution >= 0.6 is 11.3 Å². The second kappa shape index (κ2) is 11.0. The molecule has 4 rings (SSSR count). The number of nitrogens with one attached hydrogen (secondary N) is 1. The molecular weight excluding hydrogens is 392 g/mol. The van der Waals surface area contributed by atoms with Crippen LogP contribution in [0.1, 0.15) is 28.8 Å². The van der Waals surface area contributed by atoms with E-state index in [9.17, 15) is 4.79 Å². The maximum absolute atomic E-state index is 12.2. The molecule has 1 saturated heterocycles. The maximum atomic E-state index is 12.2. The fraction of sp³-hybridized carbons (Fsp3) is 0.542. The molecule has 1 fully saturated rings. The summed E-state index contributed by atoms with van der Waals surface area (Å²) in [4.78, 5) is 21.1. The van der Waals surface area contributed by atoms with Gasteiger partial charge in [0.1, 0.15) is 0 Å². The Kier molecular flexibility index (Phi) is 7.92. The Balaban J connectivity index is 1.04. The van der Waals surface area contributed by atoms with E-state index in [0.29, 0.717) is 6.54 Å². The van der Waals surface area contributed by atoms with Crippen LogP contribution in [0.5, 0.6) is 0 Å². The van der Waals surface area contributed by atoms with Crippen LogP contribution in [0.4, 0.5) is 0 Å². The number of hydrogen-bond acceptors (Lipinski definition) is 5. The van der Waals surface area contributed by atoms with Crippen molar-refractivity contribution in [1.82, 2.24) is 20.0 Å². The summed E-state index contributed by atoms with van der Waals surface area (Å²) in [6, 6.07) is 13.0. The van der Waals surface area contributed by atoms with E-state index in [0.717, 1.165) is 78.2 Å². The minimum absolute atomic E-state index is 0.170. The maximum Gasteiger partial charge on any atom is 0.234 e. The van der Waals surface area contributed by atoms with Gasteiger partial charge in [0, 0.05) is 57.2 Å². The molecule has 0 saturated carbocycles. The number of thiophene rings is 1. The SMILES string of the molecule is O=C(CN1CCc2sccc2C1)NCCCCN1CCN(Cc2ccccc2)CC1. The van der Waals surface area contributed by atoms with Crippen LogP contribution in [0.2, 0.25) is 0 Å². The van der Waals surface area contributed by atoms with Crippen molar-refractivity contribution in [2.45, 2.75) is 32.4 Å². The summed E-state index contributed by atoms with van der Waals surface area (Å²) in [5, 5.41) is 5.28. The number of amides is 1. The highest BCUT2D eigenvalue weighted by Crippen LogP contribution is 2.23. The minimum atomic E-state index is 0.170. The van der Waals surface area contributed by atoms with Crippen LogP contribution in [-0.2, 0) is 24.3 Å². The van der Waals surface area contributed by atoms with Crippen molar-refractivity contribution in [3.63, 3.8) is 0 Å². The lowest BCUT2D eigenvalue weighted by atomic mass is 10.1. The molecule has 162 valence electrons. The Bertz CT molecular complexity index is 786. The first kappa shape index (κ1) is 21.5. The molecule has 0 radical (unpaired) electrons. The quantitative estimate of drug-likeness (QED) is 0.626. The van der Waals surface area contributed by atoms with E-state index in [1.807, 2.05) is 11.3 Å². The predicted octanol–water partition coefficient (Wildman–Crippen LogP) is 2.82. The summed E-state index contributed by atoms with van der Waals surface area (Å²) >= 11 is 1.84. The van der Waals surface area contributed by atoms with Crippen molar-refractivity contribution >= 4 is 17.2 Å². The van der Waals surface area contributed by atoms with Crippen molar-refractivity contribution in [2.75, 3.05) is 52.4 Å². The number of unbranched alkanes of at least 4 members (excludes halogenated alkanes) is 1. The van der Waals surface area contributed by atoms with Crippen LogP contribution in [0.3, 0.4) is 0 Å². The van der Waals surface area contributed by atoms with E-state index in [1.165, 1.54) is 16.0 Å². The van der Waals surface area contributed by atoms with Crippen LogP contribution in [-0.4, -0.2) is 73.0 Å². The minimum Gasteiger partial charge on any atom is -0.355 e. The standard InChI is InChI=1S/C24H34N4OS/c29-24(20-28-12-8-23-22(19-28)9-17-30-23)25-10-4-5-11-26-13-15-27(16-14-26)18-21-6-2-1-3-7-21/h1-3,6-7,9,17H,4-5,8,10-16,18-20H2,(H,25,29). The first-order chi connectivity index (χ1) is 14.8. The number of benzene rings is 1. The molecule has 0 atom stereocenters. The molecule has 0 bridgehead atoms. The molecule has 1 aromatic carbocycles. The van der Waals surface area contributed by atoms with Crippen molar-refractivity contribution in [2.24, 2.45) is 0 Å². The van der Waals surface area contributed by atoms with Gasteiger partial charge in [-0.15, -0.1) is 11.3 Å². The van der Waals surface area contributed by atoms with Gasteiger partial charge in [-0.1, -0.05) is 30.3 Å². The van der Waals surface area contributed by atoms with Gasteiger partial charge in [-0.25, -0.2) is 0 Å². The van der Waals surface area contributed by atoms with Gasteiger partial charge in [-0.2, -0.15) is 0 Å². The summed E-state index contributed by atoms with van der Waals surface area (Å²) in [6.07, 6.45) is 3.30. The average Bonchev–Trinajstić information content (AvgIpc) is 3.23. The van der Waals surface area contributed by atoms with Gasteiger partial charge in [-0.05, 0) is 48.4 Å². The predicted molar refractivity (Wildman–Crippen MR) is 124 cm³/mol. The third-order valence-corrected chi connectivity index (χ3v) is 7.21. The molecule has 0 spiro atoms. The fourth-order valence-electron chi connectivity index (χ4n) is 4.40. The lowest BCUT2D eigenvalue weighted by Crippen LogP contribution is -2.46. The Hall–Kier alpha value is -1.73. The Morgan fingerprint density at radius 1 is 0.933 bits per heavy atom. The van der Waals surface area contributed by atoms with Crippen LogP contribution in [0, 0.1) is 0 Å². The Labute approximate surface area is 184 Å². The molecule has 6 heteroatoms. The van der Waals surface area contributed by atoms with Gasteiger partial charge >= 0.3 is 0 Å². The molecule has 0 unspecified atom stereocenters. The lowest BCUT2D eigenvalue weighted by Gasteiger charge is -2.34. The van der Waals surface area contributed by atoms with Gasteiger partial charge in [-0.3, -0.25) is 14.6 Å². The normalized spacial score (nSPS) is 18.3. The number of nitrogens with zero attached hydrogens (tertiary/aromatic N) is 3. The third-order valence-electron chi connectivity index (χ3n) is 6.19. The molecular formula is C24H34N4OS. The average molecular weight is 427 g/mol. The summed E-state index contributed by atoms with van der Waals surface area (Å²) < 4.78 is 0. The van der Waals surface area contributed by atoms with Gasteiger partial charge in [0.25, 0.3) is 0 Å². The number of hydrogen-bond donors (Lipinski definition) is 1. The van der Waals surface area contributed by atoms with Crippen molar-refractivity contribution < 1.29 is 4.79 Å². The second-order valence-corrected chi connectivity index (χ2v) is 9.49. The number of carbonyl (C=O) groups excluding carboxylic acids is 1. The Morgan fingerprint density at radius 3 is 2.57 bits per heavy atom. The highest BCUT2D eigenvalue weighted by Gasteiger charge is 2.19. The van der Waals surface area contributed by atoms with E-state index in [2.05, 4.69) is 61.8 Å². The van der Waals surface area contributed by atoms with Crippen LogP contribution < -0.4 is 5.32 Å². The van der Waals surface area contributed by atoms with E-state index < -0.39 is 0 Å². The molecule has 2 aliphatic heterocycles. The first-order valence-electron chi connectivity index (χ1n) is 11.3. The number of piperazine rings is 1. The van der Waals surface area contributed by atoms with Gasteiger partial charge in [0.05, 0.1) is 6.54 Å². The molecule has 1 N–H and O–H groups in total. The summed E-state index contributed by atoms with van der Waals surface area (Å²) in [7, 11) is 0. The molecule has 2 aromatic rings. The van der Waals surface area contributed by atoms with Crippen LogP contribution in [0.25, 0.3) is 0 Å².